The van der Waals surface area contributed by atoms with Crippen molar-refractivity contribution in [3.63, 3.8) is 0 Å². The molecule has 0 aromatic heterocycles. The molecule has 1 amide bonds. The van der Waals surface area contributed by atoms with Crippen LogP contribution >= 0.6 is 0 Å². The summed E-state index contributed by atoms with van der Waals surface area (Å²) in [5.74, 6) is -0.357. The lowest BCUT2D eigenvalue weighted by molar-refractivity contribution is -0.145. The number of hydrogen-bond donors (Lipinski definition) is 1. The molecule has 0 aliphatic carbocycles. The Morgan fingerprint density at radius 2 is 1.89 bits per heavy atom. The Morgan fingerprint density at radius 1 is 1.28 bits per heavy atom. The molecule has 0 aromatic carbocycles. The number of nitrogens with one attached hydrogen (secondary N) is 1. The standard InChI is InChI=1S/C13H26N2O3/c1-6-8-10(3)14-13(17)11(4)15(5)9-12(16)18-7-2/h10-11H,6-9H2,1-5H3,(H,14,17). The fourth-order valence-corrected chi connectivity index (χ4v) is 1.62. The molecule has 106 valence electrons. The van der Waals surface area contributed by atoms with Crippen LogP contribution < -0.4 is 5.32 Å². The summed E-state index contributed by atoms with van der Waals surface area (Å²) in [6, 6.07) is -0.172. The van der Waals surface area contributed by atoms with Crippen LogP contribution in [0.15, 0.2) is 0 Å². The van der Waals surface area contributed by atoms with Gasteiger partial charge in [-0.2, -0.15) is 0 Å². The van der Waals surface area contributed by atoms with Crippen LogP contribution in [0.3, 0.4) is 0 Å². The molecule has 5 nitrogen and oxygen atoms in total. The van der Waals surface area contributed by atoms with Gasteiger partial charge in [0.05, 0.1) is 19.2 Å². The molecular formula is C13H26N2O3. The van der Waals surface area contributed by atoms with Gasteiger partial charge in [-0.3, -0.25) is 14.5 Å². The zero-order chi connectivity index (χ0) is 14.1. The van der Waals surface area contributed by atoms with Crippen molar-refractivity contribution >= 4 is 11.9 Å². The number of esters is 1. The van der Waals surface area contributed by atoms with Crippen molar-refractivity contribution in [2.24, 2.45) is 0 Å². The second kappa shape index (κ2) is 8.91. The van der Waals surface area contributed by atoms with Crippen molar-refractivity contribution in [3.8, 4) is 0 Å². The summed E-state index contributed by atoms with van der Waals surface area (Å²) < 4.78 is 4.85. The fraction of sp³-hybridized carbons (Fsp3) is 0.846. The lowest BCUT2D eigenvalue weighted by Gasteiger charge is -2.24. The molecule has 0 saturated carbocycles. The number of carbonyl (C=O) groups excluding carboxylic acids is 2. The van der Waals surface area contributed by atoms with Gasteiger partial charge in [0.15, 0.2) is 0 Å². The van der Waals surface area contributed by atoms with E-state index in [1.165, 1.54) is 0 Å². The minimum atomic E-state index is -0.339. The zero-order valence-corrected chi connectivity index (χ0v) is 12.2. The number of rotatable bonds is 8. The number of carbonyl (C=O) groups is 2. The Hall–Kier alpha value is -1.10. The van der Waals surface area contributed by atoms with Gasteiger partial charge in [0.25, 0.3) is 0 Å². The summed E-state index contributed by atoms with van der Waals surface area (Å²) in [5, 5.41) is 2.93. The third kappa shape index (κ3) is 6.59. The Bertz CT molecular complexity index is 269. The Labute approximate surface area is 110 Å². The highest BCUT2D eigenvalue weighted by atomic mass is 16.5. The van der Waals surface area contributed by atoms with Crippen LogP contribution in [0, 0.1) is 0 Å². The average Bonchev–Trinajstić information content (AvgIpc) is 2.28. The van der Waals surface area contributed by atoms with Gasteiger partial charge >= 0.3 is 5.97 Å². The average molecular weight is 258 g/mol. The van der Waals surface area contributed by atoms with E-state index in [4.69, 9.17) is 4.74 Å². The van der Waals surface area contributed by atoms with E-state index in [-0.39, 0.29) is 30.5 Å². The Kier molecular flexibility index (Phi) is 8.37. The molecule has 2 atom stereocenters. The molecule has 0 aromatic rings. The highest BCUT2D eigenvalue weighted by Crippen LogP contribution is 2.00. The second-order valence-corrected chi connectivity index (χ2v) is 4.59. The minimum Gasteiger partial charge on any atom is -0.465 e. The van der Waals surface area contributed by atoms with Crippen LogP contribution in [-0.4, -0.2) is 49.1 Å². The molecule has 0 aliphatic rings. The van der Waals surface area contributed by atoms with Crippen molar-refractivity contribution in [2.45, 2.75) is 52.6 Å². The Balaban J connectivity index is 4.15. The lowest BCUT2D eigenvalue weighted by Crippen LogP contribution is -2.47. The highest BCUT2D eigenvalue weighted by Gasteiger charge is 2.21. The first-order valence-corrected chi connectivity index (χ1v) is 6.58. The molecule has 0 spiro atoms. The molecular weight excluding hydrogens is 232 g/mol. The van der Waals surface area contributed by atoms with E-state index in [9.17, 15) is 9.59 Å². The summed E-state index contributed by atoms with van der Waals surface area (Å²) >= 11 is 0. The highest BCUT2D eigenvalue weighted by molar-refractivity contribution is 5.82. The number of nitrogens with zero attached hydrogens (tertiary/aromatic N) is 1. The molecule has 0 saturated heterocycles. The second-order valence-electron chi connectivity index (χ2n) is 4.59. The molecule has 0 rings (SSSR count). The van der Waals surface area contributed by atoms with Crippen molar-refractivity contribution in [2.75, 3.05) is 20.2 Å². The van der Waals surface area contributed by atoms with Crippen LogP contribution in [0.1, 0.15) is 40.5 Å². The smallest absolute Gasteiger partial charge is 0.320 e. The van der Waals surface area contributed by atoms with E-state index in [1.807, 2.05) is 6.92 Å². The van der Waals surface area contributed by atoms with Gasteiger partial charge < -0.3 is 10.1 Å². The molecule has 5 heteroatoms. The van der Waals surface area contributed by atoms with Gasteiger partial charge in [0.1, 0.15) is 0 Å². The first-order chi connectivity index (χ1) is 8.42. The molecule has 2 unspecified atom stereocenters. The quantitative estimate of drug-likeness (QED) is 0.664. The van der Waals surface area contributed by atoms with Gasteiger partial charge in [-0.05, 0) is 34.2 Å². The lowest BCUT2D eigenvalue weighted by atomic mass is 10.2. The predicted octanol–water partition coefficient (Wildman–Crippen LogP) is 1.17. The van der Waals surface area contributed by atoms with Crippen molar-refractivity contribution in [1.29, 1.82) is 0 Å². The maximum atomic E-state index is 11.9. The van der Waals surface area contributed by atoms with Gasteiger partial charge in [0, 0.05) is 6.04 Å². The van der Waals surface area contributed by atoms with E-state index in [0.717, 1.165) is 12.8 Å². The van der Waals surface area contributed by atoms with E-state index < -0.39 is 0 Å². The van der Waals surface area contributed by atoms with E-state index in [1.54, 1.807) is 25.8 Å². The number of amides is 1. The van der Waals surface area contributed by atoms with Crippen LogP contribution in [0.25, 0.3) is 0 Å². The number of hydrogen-bond acceptors (Lipinski definition) is 4. The first-order valence-electron chi connectivity index (χ1n) is 6.58. The van der Waals surface area contributed by atoms with Crippen LogP contribution in [-0.2, 0) is 14.3 Å². The van der Waals surface area contributed by atoms with E-state index >= 15 is 0 Å². The van der Waals surface area contributed by atoms with Gasteiger partial charge in [-0.15, -0.1) is 0 Å². The zero-order valence-electron chi connectivity index (χ0n) is 12.2. The molecule has 18 heavy (non-hydrogen) atoms. The number of likely N-dealkylation sites (N-methyl/N-ethyl adjacent to an activating group) is 1. The molecule has 1 N–H and O–H groups in total. The van der Waals surface area contributed by atoms with Crippen molar-refractivity contribution in [1.82, 2.24) is 10.2 Å². The molecule has 0 fully saturated rings. The summed E-state index contributed by atoms with van der Waals surface area (Å²) in [6.07, 6.45) is 1.99. The largest absolute Gasteiger partial charge is 0.465 e. The molecule has 0 bridgehead atoms. The van der Waals surface area contributed by atoms with Crippen molar-refractivity contribution in [3.05, 3.63) is 0 Å². The van der Waals surface area contributed by atoms with E-state index in [2.05, 4.69) is 12.2 Å². The number of ether oxygens (including phenoxy) is 1. The van der Waals surface area contributed by atoms with Gasteiger partial charge in [-0.25, -0.2) is 0 Å². The molecule has 0 radical (unpaired) electrons. The topological polar surface area (TPSA) is 58.6 Å². The van der Waals surface area contributed by atoms with E-state index in [0.29, 0.717) is 6.61 Å². The molecule has 0 heterocycles. The fourth-order valence-electron chi connectivity index (χ4n) is 1.62. The van der Waals surface area contributed by atoms with Gasteiger partial charge in [0.2, 0.25) is 5.91 Å². The summed E-state index contributed by atoms with van der Waals surface area (Å²) in [6.45, 7) is 8.11. The SMILES string of the molecule is CCCC(C)NC(=O)C(C)N(C)CC(=O)OCC. The maximum Gasteiger partial charge on any atom is 0.320 e. The third-order valence-corrected chi connectivity index (χ3v) is 2.83. The van der Waals surface area contributed by atoms with Crippen LogP contribution in [0.2, 0.25) is 0 Å². The summed E-state index contributed by atoms with van der Waals surface area (Å²) in [7, 11) is 1.74. The first kappa shape index (κ1) is 16.9. The van der Waals surface area contributed by atoms with Crippen LogP contribution in [0.4, 0.5) is 0 Å². The third-order valence-electron chi connectivity index (χ3n) is 2.83. The maximum absolute atomic E-state index is 11.9. The van der Waals surface area contributed by atoms with Crippen molar-refractivity contribution < 1.29 is 14.3 Å². The summed E-state index contributed by atoms with van der Waals surface area (Å²) in [4.78, 5) is 24.9. The van der Waals surface area contributed by atoms with Gasteiger partial charge in [-0.1, -0.05) is 13.3 Å². The normalized spacial score (nSPS) is 14.1. The Morgan fingerprint density at radius 3 is 2.39 bits per heavy atom. The predicted molar refractivity (Wildman–Crippen MR) is 71.2 cm³/mol. The van der Waals surface area contributed by atoms with Crippen LogP contribution in [0.5, 0.6) is 0 Å². The minimum absolute atomic E-state index is 0.0530. The summed E-state index contributed by atoms with van der Waals surface area (Å²) in [5.41, 5.74) is 0. The monoisotopic (exact) mass is 258 g/mol. The molecule has 0 aliphatic heterocycles.